The molecule has 4 atom stereocenters. The van der Waals surface area contributed by atoms with Crippen LogP contribution in [0.1, 0.15) is 32.8 Å². The maximum Gasteiger partial charge on any atom is 0.194 e. The van der Waals surface area contributed by atoms with Crippen molar-refractivity contribution in [1.82, 2.24) is 20.0 Å². The summed E-state index contributed by atoms with van der Waals surface area (Å²) in [5.74, 6) is 1.04. The SMILES string of the molecule is CCNC(=NCCCN1CC(C)OC(C)C1)N1CC2OCCN(Cc3ccccc3)C2C1. The third-order valence-corrected chi connectivity index (χ3v) is 6.67. The first kappa shape index (κ1) is 23.5. The van der Waals surface area contributed by atoms with Crippen molar-refractivity contribution in [2.45, 2.75) is 58.1 Å². The zero-order chi connectivity index (χ0) is 22.3. The minimum Gasteiger partial charge on any atom is -0.373 e. The van der Waals surface area contributed by atoms with Crippen LogP contribution in [0.4, 0.5) is 0 Å². The molecule has 3 heterocycles. The first-order valence-corrected chi connectivity index (χ1v) is 12.4. The molecule has 0 amide bonds. The number of nitrogens with zero attached hydrogens (tertiary/aromatic N) is 4. The Labute approximate surface area is 193 Å². The molecular weight excluding hydrogens is 402 g/mol. The molecule has 0 bridgehead atoms. The van der Waals surface area contributed by atoms with Crippen molar-refractivity contribution < 1.29 is 9.47 Å². The number of hydrogen-bond acceptors (Lipinski definition) is 5. The highest BCUT2D eigenvalue weighted by Gasteiger charge is 2.41. The molecule has 0 aliphatic carbocycles. The summed E-state index contributed by atoms with van der Waals surface area (Å²) >= 11 is 0. The van der Waals surface area contributed by atoms with Crippen LogP contribution in [0.25, 0.3) is 0 Å². The van der Waals surface area contributed by atoms with Crippen molar-refractivity contribution in [2.75, 3.05) is 59.0 Å². The van der Waals surface area contributed by atoms with Crippen molar-refractivity contribution >= 4 is 5.96 Å². The number of aliphatic imine (C=N–C) groups is 1. The summed E-state index contributed by atoms with van der Waals surface area (Å²) in [6, 6.07) is 11.2. The molecule has 0 aromatic heterocycles. The minimum absolute atomic E-state index is 0.257. The van der Waals surface area contributed by atoms with E-state index in [2.05, 4.69) is 71.1 Å². The Morgan fingerprint density at radius 2 is 1.88 bits per heavy atom. The topological polar surface area (TPSA) is 52.6 Å². The monoisotopic (exact) mass is 443 g/mol. The summed E-state index contributed by atoms with van der Waals surface area (Å²) in [5.41, 5.74) is 1.37. The van der Waals surface area contributed by atoms with Gasteiger partial charge >= 0.3 is 0 Å². The molecule has 3 saturated heterocycles. The standard InChI is InChI=1S/C25H41N5O2/c1-4-26-25(27-11-8-12-28-15-20(2)32-21(3)16-28)30-18-23-24(19-30)31-14-13-29(23)17-22-9-6-5-7-10-22/h5-7,9-10,20-21,23-24H,4,8,11-19H2,1-3H3,(H,26,27). The summed E-state index contributed by atoms with van der Waals surface area (Å²) < 4.78 is 12.0. The van der Waals surface area contributed by atoms with Gasteiger partial charge in [-0.2, -0.15) is 0 Å². The Kier molecular flexibility index (Phi) is 8.41. The van der Waals surface area contributed by atoms with Gasteiger partial charge in [-0.3, -0.25) is 14.8 Å². The zero-order valence-corrected chi connectivity index (χ0v) is 20.1. The lowest BCUT2D eigenvalue weighted by atomic mass is 10.1. The van der Waals surface area contributed by atoms with Gasteiger partial charge in [-0.05, 0) is 32.8 Å². The molecule has 1 N–H and O–H groups in total. The first-order chi connectivity index (χ1) is 15.6. The number of morpholine rings is 2. The molecule has 1 aromatic rings. The lowest BCUT2D eigenvalue weighted by Gasteiger charge is -2.36. The average Bonchev–Trinajstić information content (AvgIpc) is 3.21. The second-order valence-electron chi connectivity index (χ2n) is 9.44. The van der Waals surface area contributed by atoms with E-state index in [1.165, 1.54) is 5.56 Å². The Morgan fingerprint density at radius 1 is 1.09 bits per heavy atom. The molecule has 3 fully saturated rings. The van der Waals surface area contributed by atoms with Crippen molar-refractivity contribution in [3.8, 4) is 0 Å². The fourth-order valence-electron chi connectivity index (χ4n) is 5.32. The Balaban J connectivity index is 1.31. The van der Waals surface area contributed by atoms with Gasteiger partial charge in [-0.1, -0.05) is 30.3 Å². The van der Waals surface area contributed by atoms with Gasteiger partial charge in [0.05, 0.1) is 31.0 Å². The van der Waals surface area contributed by atoms with E-state index in [1.54, 1.807) is 0 Å². The van der Waals surface area contributed by atoms with Gasteiger partial charge < -0.3 is 19.7 Å². The highest BCUT2D eigenvalue weighted by Crippen LogP contribution is 2.24. The van der Waals surface area contributed by atoms with Crippen LogP contribution in [-0.4, -0.2) is 104 Å². The van der Waals surface area contributed by atoms with Crippen LogP contribution >= 0.6 is 0 Å². The Bertz CT molecular complexity index is 720. The predicted octanol–water partition coefficient (Wildman–Crippen LogP) is 2.04. The van der Waals surface area contributed by atoms with Crippen LogP contribution in [0.5, 0.6) is 0 Å². The summed E-state index contributed by atoms with van der Waals surface area (Å²) in [6.07, 6.45) is 1.98. The minimum atomic E-state index is 0.257. The molecule has 4 unspecified atom stereocenters. The van der Waals surface area contributed by atoms with E-state index in [9.17, 15) is 0 Å². The van der Waals surface area contributed by atoms with E-state index in [1.807, 2.05) is 0 Å². The van der Waals surface area contributed by atoms with E-state index in [4.69, 9.17) is 14.5 Å². The molecule has 7 heteroatoms. The molecule has 1 aromatic carbocycles. The molecular formula is C25H41N5O2. The number of likely N-dealkylation sites (tertiary alicyclic amines) is 1. The third-order valence-electron chi connectivity index (χ3n) is 6.67. The van der Waals surface area contributed by atoms with Crippen LogP contribution in [0, 0.1) is 0 Å². The smallest absolute Gasteiger partial charge is 0.194 e. The quantitative estimate of drug-likeness (QED) is 0.395. The lowest BCUT2D eigenvalue weighted by molar-refractivity contribution is -0.0679. The number of ether oxygens (including phenoxy) is 2. The van der Waals surface area contributed by atoms with Crippen LogP contribution < -0.4 is 5.32 Å². The molecule has 3 aliphatic rings. The van der Waals surface area contributed by atoms with E-state index >= 15 is 0 Å². The summed E-state index contributed by atoms with van der Waals surface area (Å²) in [4.78, 5) is 12.5. The van der Waals surface area contributed by atoms with Crippen LogP contribution in [0.3, 0.4) is 0 Å². The molecule has 7 nitrogen and oxygen atoms in total. The van der Waals surface area contributed by atoms with Gasteiger partial charge in [0.15, 0.2) is 5.96 Å². The fourth-order valence-corrected chi connectivity index (χ4v) is 5.32. The lowest BCUT2D eigenvalue weighted by Crippen LogP contribution is -2.50. The van der Waals surface area contributed by atoms with E-state index in [0.29, 0.717) is 18.2 Å². The van der Waals surface area contributed by atoms with E-state index in [-0.39, 0.29) is 6.10 Å². The summed E-state index contributed by atoms with van der Waals surface area (Å²) in [5, 5.41) is 3.52. The average molecular weight is 444 g/mol. The van der Waals surface area contributed by atoms with Gasteiger partial charge in [-0.15, -0.1) is 0 Å². The van der Waals surface area contributed by atoms with Crippen molar-refractivity contribution in [1.29, 1.82) is 0 Å². The number of guanidine groups is 1. The van der Waals surface area contributed by atoms with Crippen LogP contribution in [-0.2, 0) is 16.0 Å². The van der Waals surface area contributed by atoms with Gasteiger partial charge in [-0.25, -0.2) is 0 Å². The summed E-state index contributed by atoms with van der Waals surface area (Å²) in [6.45, 7) is 16.0. The molecule has 0 saturated carbocycles. The van der Waals surface area contributed by atoms with Gasteiger partial charge in [0.25, 0.3) is 0 Å². The highest BCUT2D eigenvalue weighted by molar-refractivity contribution is 5.80. The second-order valence-corrected chi connectivity index (χ2v) is 9.44. The van der Waals surface area contributed by atoms with Crippen molar-refractivity contribution in [3.05, 3.63) is 35.9 Å². The molecule has 4 rings (SSSR count). The van der Waals surface area contributed by atoms with Gasteiger partial charge in [0, 0.05) is 58.9 Å². The Morgan fingerprint density at radius 3 is 2.62 bits per heavy atom. The highest BCUT2D eigenvalue weighted by atomic mass is 16.5. The van der Waals surface area contributed by atoms with E-state index in [0.717, 1.165) is 77.9 Å². The third kappa shape index (κ3) is 6.22. The molecule has 3 aliphatic heterocycles. The fraction of sp³-hybridized carbons (Fsp3) is 0.720. The number of nitrogens with one attached hydrogen (secondary N) is 1. The van der Waals surface area contributed by atoms with Gasteiger partial charge in [0.1, 0.15) is 0 Å². The van der Waals surface area contributed by atoms with Crippen molar-refractivity contribution in [3.63, 3.8) is 0 Å². The molecule has 0 spiro atoms. The van der Waals surface area contributed by atoms with Crippen LogP contribution in [0.2, 0.25) is 0 Å². The largest absolute Gasteiger partial charge is 0.373 e. The summed E-state index contributed by atoms with van der Waals surface area (Å²) in [7, 11) is 0. The zero-order valence-electron chi connectivity index (χ0n) is 20.1. The molecule has 0 radical (unpaired) electrons. The molecule has 32 heavy (non-hydrogen) atoms. The predicted molar refractivity (Wildman–Crippen MR) is 129 cm³/mol. The van der Waals surface area contributed by atoms with Crippen molar-refractivity contribution in [2.24, 2.45) is 4.99 Å². The van der Waals surface area contributed by atoms with Crippen LogP contribution in [0.15, 0.2) is 35.3 Å². The number of rotatable bonds is 7. The van der Waals surface area contributed by atoms with E-state index < -0.39 is 0 Å². The normalized spacial score (nSPS) is 29.8. The number of benzene rings is 1. The second kappa shape index (κ2) is 11.5. The first-order valence-electron chi connectivity index (χ1n) is 12.4. The Hall–Kier alpha value is -1.67. The number of fused-ring (bicyclic) bond motifs is 1. The maximum absolute atomic E-state index is 6.17. The number of hydrogen-bond donors (Lipinski definition) is 1. The molecule has 178 valence electrons. The maximum atomic E-state index is 6.17. The van der Waals surface area contributed by atoms with Gasteiger partial charge in [0.2, 0.25) is 0 Å².